The Hall–Kier alpha value is -0.0800. The van der Waals surface area contributed by atoms with Gasteiger partial charge in [-0.2, -0.15) is 0 Å². The number of nitrogens with two attached hydrogens (primary N) is 2. The van der Waals surface area contributed by atoms with Crippen molar-refractivity contribution in [2.24, 2.45) is 11.5 Å². The molecule has 0 aromatic carbocycles. The van der Waals surface area contributed by atoms with Crippen molar-refractivity contribution in [1.82, 2.24) is 0 Å². The average molecular weight is 172 g/mol. The van der Waals surface area contributed by atoms with E-state index in [9.17, 15) is 0 Å². The predicted molar refractivity (Wildman–Crippen MR) is 55.0 cm³/mol. The summed E-state index contributed by atoms with van der Waals surface area (Å²) in [5.41, 5.74) is 11.3. The van der Waals surface area contributed by atoms with Crippen molar-refractivity contribution < 1.29 is 0 Å². The lowest BCUT2D eigenvalue weighted by molar-refractivity contribution is 0.416. The molecule has 1 atom stereocenters. The number of unbranched alkanes of at least 4 members (excludes halogenated alkanes) is 4. The van der Waals surface area contributed by atoms with Gasteiger partial charge in [-0.25, -0.2) is 0 Å². The third kappa shape index (κ3) is 6.62. The first-order chi connectivity index (χ1) is 5.62. The van der Waals surface area contributed by atoms with Crippen LogP contribution in [0.4, 0.5) is 0 Å². The molecule has 0 bridgehead atoms. The first-order valence-electron chi connectivity index (χ1n) is 5.11. The minimum absolute atomic E-state index is 0.133. The second-order valence-corrected chi connectivity index (χ2v) is 4.02. The smallest absolute Gasteiger partial charge is 0.0249 e. The summed E-state index contributed by atoms with van der Waals surface area (Å²) in [7, 11) is 0. The van der Waals surface area contributed by atoms with Crippen molar-refractivity contribution in [3.8, 4) is 0 Å². The van der Waals surface area contributed by atoms with Crippen LogP contribution in [0.15, 0.2) is 0 Å². The summed E-state index contributed by atoms with van der Waals surface area (Å²) in [5.74, 6) is 0. The summed E-state index contributed by atoms with van der Waals surface area (Å²) >= 11 is 0. The molecule has 1 unspecified atom stereocenters. The lowest BCUT2D eigenvalue weighted by atomic mass is 9.95. The van der Waals surface area contributed by atoms with Crippen molar-refractivity contribution >= 4 is 0 Å². The van der Waals surface area contributed by atoms with E-state index in [1.807, 2.05) is 6.92 Å². The van der Waals surface area contributed by atoms with Gasteiger partial charge in [0.1, 0.15) is 0 Å². The van der Waals surface area contributed by atoms with E-state index in [1.54, 1.807) is 0 Å². The molecule has 0 aromatic heterocycles. The normalized spacial score (nSPS) is 16.0. The predicted octanol–water partition coefficient (Wildman–Crippen LogP) is 2.02. The maximum atomic E-state index is 5.91. The van der Waals surface area contributed by atoms with Crippen LogP contribution < -0.4 is 11.5 Å². The highest BCUT2D eigenvalue weighted by atomic mass is 14.8. The molecule has 12 heavy (non-hydrogen) atoms. The van der Waals surface area contributed by atoms with Crippen LogP contribution in [0, 0.1) is 0 Å². The number of hydrogen-bond donors (Lipinski definition) is 2. The molecule has 0 rings (SSSR count). The van der Waals surface area contributed by atoms with Gasteiger partial charge in [0.15, 0.2) is 0 Å². The fourth-order valence-corrected chi connectivity index (χ4v) is 1.23. The Morgan fingerprint density at radius 2 is 1.67 bits per heavy atom. The molecule has 4 N–H and O–H groups in total. The average Bonchev–Trinajstić information content (AvgIpc) is 2.04. The first kappa shape index (κ1) is 11.9. The third-order valence-corrected chi connectivity index (χ3v) is 2.32. The summed E-state index contributed by atoms with van der Waals surface area (Å²) < 4.78 is 0. The van der Waals surface area contributed by atoms with Gasteiger partial charge >= 0.3 is 0 Å². The van der Waals surface area contributed by atoms with Gasteiger partial charge in [-0.3, -0.25) is 0 Å². The molecule has 0 saturated heterocycles. The van der Waals surface area contributed by atoms with Gasteiger partial charge in [0.25, 0.3) is 0 Å². The van der Waals surface area contributed by atoms with E-state index < -0.39 is 0 Å². The molecule has 0 heterocycles. The molecule has 2 nitrogen and oxygen atoms in total. The van der Waals surface area contributed by atoms with Gasteiger partial charge in [0.2, 0.25) is 0 Å². The standard InChI is InChI=1S/C10H24N2/c1-3-4-5-6-7-8-10(2,12)9-11/h3-9,11-12H2,1-2H3. The van der Waals surface area contributed by atoms with Gasteiger partial charge in [0, 0.05) is 12.1 Å². The van der Waals surface area contributed by atoms with E-state index in [0.717, 1.165) is 6.42 Å². The van der Waals surface area contributed by atoms with Gasteiger partial charge in [-0.05, 0) is 13.3 Å². The van der Waals surface area contributed by atoms with E-state index in [0.29, 0.717) is 6.54 Å². The van der Waals surface area contributed by atoms with Crippen LogP contribution in [0.1, 0.15) is 52.4 Å². The van der Waals surface area contributed by atoms with Crippen LogP contribution >= 0.6 is 0 Å². The SMILES string of the molecule is CCCCCCCC(C)(N)CN. The lowest BCUT2D eigenvalue weighted by Gasteiger charge is -2.21. The maximum absolute atomic E-state index is 5.91. The number of rotatable bonds is 7. The fraction of sp³-hybridized carbons (Fsp3) is 1.00. The van der Waals surface area contributed by atoms with Crippen LogP contribution in [-0.4, -0.2) is 12.1 Å². The van der Waals surface area contributed by atoms with Gasteiger partial charge in [-0.1, -0.05) is 39.0 Å². The summed E-state index contributed by atoms with van der Waals surface area (Å²) in [4.78, 5) is 0. The van der Waals surface area contributed by atoms with Crippen molar-refractivity contribution in [2.75, 3.05) is 6.54 Å². The van der Waals surface area contributed by atoms with E-state index in [1.165, 1.54) is 32.1 Å². The van der Waals surface area contributed by atoms with Crippen molar-refractivity contribution in [3.63, 3.8) is 0 Å². The van der Waals surface area contributed by atoms with Crippen LogP contribution in [0.2, 0.25) is 0 Å². The molecule has 0 spiro atoms. The molecular formula is C10H24N2. The molecule has 0 aliphatic rings. The lowest BCUT2D eigenvalue weighted by Crippen LogP contribution is -2.43. The molecule has 0 aromatic rings. The molecule has 0 saturated carbocycles. The van der Waals surface area contributed by atoms with Gasteiger partial charge < -0.3 is 11.5 Å². The molecular weight excluding hydrogens is 148 g/mol. The fourth-order valence-electron chi connectivity index (χ4n) is 1.23. The molecule has 0 amide bonds. The van der Waals surface area contributed by atoms with E-state index in [4.69, 9.17) is 11.5 Å². The summed E-state index contributed by atoms with van der Waals surface area (Å²) in [6, 6.07) is 0. The largest absolute Gasteiger partial charge is 0.329 e. The second kappa shape index (κ2) is 6.44. The highest BCUT2D eigenvalue weighted by molar-refractivity contribution is 4.78. The second-order valence-electron chi connectivity index (χ2n) is 4.02. The highest BCUT2D eigenvalue weighted by Crippen LogP contribution is 2.11. The molecule has 2 heteroatoms. The minimum atomic E-state index is -0.133. The van der Waals surface area contributed by atoms with Crippen molar-refractivity contribution in [1.29, 1.82) is 0 Å². The van der Waals surface area contributed by atoms with Gasteiger partial charge in [0.05, 0.1) is 0 Å². The Labute approximate surface area is 76.7 Å². The zero-order valence-corrected chi connectivity index (χ0v) is 8.60. The van der Waals surface area contributed by atoms with Crippen molar-refractivity contribution in [3.05, 3.63) is 0 Å². The number of hydrogen-bond acceptors (Lipinski definition) is 2. The molecule has 0 radical (unpaired) electrons. The molecule has 0 aliphatic carbocycles. The van der Waals surface area contributed by atoms with E-state index in [2.05, 4.69) is 6.92 Å². The topological polar surface area (TPSA) is 52.0 Å². The highest BCUT2D eigenvalue weighted by Gasteiger charge is 2.14. The third-order valence-electron chi connectivity index (χ3n) is 2.32. The molecule has 0 aliphatic heterocycles. The van der Waals surface area contributed by atoms with E-state index in [-0.39, 0.29) is 5.54 Å². The van der Waals surface area contributed by atoms with Crippen LogP contribution in [0.5, 0.6) is 0 Å². The van der Waals surface area contributed by atoms with Crippen LogP contribution in [0.25, 0.3) is 0 Å². The molecule has 74 valence electrons. The first-order valence-corrected chi connectivity index (χ1v) is 5.11. The monoisotopic (exact) mass is 172 g/mol. The van der Waals surface area contributed by atoms with E-state index >= 15 is 0 Å². The zero-order valence-electron chi connectivity index (χ0n) is 8.60. The van der Waals surface area contributed by atoms with Crippen molar-refractivity contribution in [2.45, 2.75) is 57.9 Å². The Bertz CT molecular complexity index is 100. The Morgan fingerprint density at radius 3 is 2.17 bits per heavy atom. The minimum Gasteiger partial charge on any atom is -0.329 e. The Balaban J connectivity index is 3.19. The van der Waals surface area contributed by atoms with Crippen LogP contribution in [-0.2, 0) is 0 Å². The Kier molecular flexibility index (Phi) is 6.39. The summed E-state index contributed by atoms with van der Waals surface area (Å²) in [6.07, 6.45) is 7.59. The van der Waals surface area contributed by atoms with Gasteiger partial charge in [-0.15, -0.1) is 0 Å². The Morgan fingerprint density at radius 1 is 1.08 bits per heavy atom. The summed E-state index contributed by atoms with van der Waals surface area (Å²) in [6.45, 7) is 4.86. The quantitative estimate of drug-likeness (QED) is 0.577. The molecule has 0 fully saturated rings. The van der Waals surface area contributed by atoms with Crippen LogP contribution in [0.3, 0.4) is 0 Å². The summed E-state index contributed by atoms with van der Waals surface area (Å²) in [5, 5.41) is 0. The maximum Gasteiger partial charge on any atom is 0.0249 e. The zero-order chi connectivity index (χ0) is 9.45.